The average Bonchev–Trinajstić information content (AvgIpc) is 2.28. The molecule has 1 aromatic carbocycles. The highest BCUT2D eigenvalue weighted by Crippen LogP contribution is 2.10. The van der Waals surface area contributed by atoms with E-state index in [0.717, 1.165) is 5.56 Å². The summed E-state index contributed by atoms with van der Waals surface area (Å²) >= 11 is 0. The van der Waals surface area contributed by atoms with Crippen molar-refractivity contribution in [1.29, 1.82) is 0 Å². The molecule has 0 aliphatic heterocycles. The molecular weight excluding hydrogens is 204 g/mol. The number of primary amides is 1. The zero-order valence-corrected chi connectivity index (χ0v) is 9.14. The van der Waals surface area contributed by atoms with E-state index in [2.05, 4.69) is 6.58 Å². The molecule has 0 unspecified atom stereocenters. The molecule has 0 fully saturated rings. The summed E-state index contributed by atoms with van der Waals surface area (Å²) in [6, 6.07) is 6.95. The predicted molar refractivity (Wildman–Crippen MR) is 61.6 cm³/mol. The van der Waals surface area contributed by atoms with Crippen molar-refractivity contribution in [2.45, 2.75) is 6.54 Å². The lowest BCUT2D eigenvalue weighted by molar-refractivity contribution is -0.125. The van der Waals surface area contributed by atoms with Crippen LogP contribution in [0.15, 0.2) is 36.9 Å². The Morgan fingerprint density at radius 3 is 2.62 bits per heavy atom. The van der Waals surface area contributed by atoms with Crippen molar-refractivity contribution in [3.63, 3.8) is 0 Å². The number of carbonyl (C=O) groups is 2. The summed E-state index contributed by atoms with van der Waals surface area (Å²) in [5.74, 6) is -0.686. The first kappa shape index (κ1) is 12.0. The minimum atomic E-state index is -0.491. The van der Waals surface area contributed by atoms with Crippen LogP contribution in [0, 0.1) is 0 Å². The minimum absolute atomic E-state index is 0.195. The zero-order valence-electron chi connectivity index (χ0n) is 9.14. The molecule has 0 atom stereocenters. The van der Waals surface area contributed by atoms with Gasteiger partial charge < -0.3 is 10.6 Å². The first-order valence-electron chi connectivity index (χ1n) is 4.81. The molecule has 0 radical (unpaired) electrons. The van der Waals surface area contributed by atoms with E-state index >= 15 is 0 Å². The van der Waals surface area contributed by atoms with Crippen molar-refractivity contribution in [1.82, 2.24) is 4.90 Å². The maximum Gasteiger partial charge on any atom is 0.249 e. The number of amides is 2. The van der Waals surface area contributed by atoms with Crippen LogP contribution < -0.4 is 5.73 Å². The van der Waals surface area contributed by atoms with Crippen LogP contribution in [0.3, 0.4) is 0 Å². The third kappa shape index (κ3) is 2.70. The lowest BCUT2D eigenvalue weighted by Crippen LogP contribution is -2.25. The van der Waals surface area contributed by atoms with E-state index in [1.54, 1.807) is 31.3 Å². The molecule has 2 amide bonds. The van der Waals surface area contributed by atoms with Gasteiger partial charge in [-0.15, -0.1) is 0 Å². The van der Waals surface area contributed by atoms with Crippen LogP contribution in [0.1, 0.15) is 15.9 Å². The van der Waals surface area contributed by atoms with E-state index in [4.69, 9.17) is 5.73 Å². The fourth-order valence-corrected chi connectivity index (χ4v) is 1.39. The Hall–Kier alpha value is -2.10. The smallest absolute Gasteiger partial charge is 0.249 e. The van der Waals surface area contributed by atoms with Crippen molar-refractivity contribution in [3.8, 4) is 0 Å². The maximum atomic E-state index is 11.3. The van der Waals surface area contributed by atoms with Crippen molar-refractivity contribution in [3.05, 3.63) is 48.0 Å². The molecule has 1 aromatic rings. The highest BCUT2D eigenvalue weighted by Gasteiger charge is 2.11. The van der Waals surface area contributed by atoms with Gasteiger partial charge in [-0.1, -0.05) is 24.8 Å². The molecule has 4 nitrogen and oxygen atoms in total. The summed E-state index contributed by atoms with van der Waals surface area (Å²) in [5, 5.41) is 0. The summed E-state index contributed by atoms with van der Waals surface area (Å²) < 4.78 is 0. The Balaban J connectivity index is 2.92. The number of nitrogens with two attached hydrogens (primary N) is 1. The molecule has 0 aliphatic rings. The normalized spacial score (nSPS) is 9.56. The van der Waals surface area contributed by atoms with E-state index in [-0.39, 0.29) is 5.91 Å². The van der Waals surface area contributed by atoms with E-state index in [1.165, 1.54) is 11.0 Å². The predicted octanol–water partition coefficient (Wildman–Crippen LogP) is 0.930. The number of carbonyl (C=O) groups excluding carboxylic acids is 2. The summed E-state index contributed by atoms with van der Waals surface area (Å²) in [4.78, 5) is 23.9. The van der Waals surface area contributed by atoms with Crippen LogP contribution >= 0.6 is 0 Å². The molecule has 4 heteroatoms. The first-order valence-corrected chi connectivity index (χ1v) is 4.81. The summed E-state index contributed by atoms with van der Waals surface area (Å²) in [6.07, 6.45) is 1.23. The van der Waals surface area contributed by atoms with Crippen molar-refractivity contribution in [2.75, 3.05) is 7.05 Å². The lowest BCUT2D eigenvalue weighted by atomic mass is 10.1. The van der Waals surface area contributed by atoms with Gasteiger partial charge in [0.1, 0.15) is 0 Å². The average molecular weight is 218 g/mol. The Morgan fingerprint density at radius 2 is 2.06 bits per heavy atom. The van der Waals surface area contributed by atoms with Crippen LogP contribution in [0.4, 0.5) is 0 Å². The largest absolute Gasteiger partial charge is 0.366 e. The first-order chi connectivity index (χ1) is 7.56. The van der Waals surface area contributed by atoms with Gasteiger partial charge >= 0.3 is 0 Å². The van der Waals surface area contributed by atoms with Crippen LogP contribution in [-0.2, 0) is 11.3 Å². The molecular formula is C12H14N2O2. The van der Waals surface area contributed by atoms with E-state index < -0.39 is 5.91 Å². The van der Waals surface area contributed by atoms with Gasteiger partial charge in [0, 0.05) is 19.2 Å². The summed E-state index contributed by atoms with van der Waals surface area (Å²) in [6.45, 7) is 3.74. The molecule has 0 bridgehead atoms. The molecule has 2 N–H and O–H groups in total. The van der Waals surface area contributed by atoms with Gasteiger partial charge in [0.05, 0.1) is 0 Å². The molecule has 16 heavy (non-hydrogen) atoms. The van der Waals surface area contributed by atoms with Crippen LogP contribution in [0.2, 0.25) is 0 Å². The Labute approximate surface area is 94.4 Å². The van der Waals surface area contributed by atoms with Gasteiger partial charge in [-0.05, 0) is 17.7 Å². The van der Waals surface area contributed by atoms with Crippen molar-refractivity contribution >= 4 is 11.8 Å². The second-order valence-electron chi connectivity index (χ2n) is 3.42. The van der Waals surface area contributed by atoms with Gasteiger partial charge in [0.15, 0.2) is 0 Å². The van der Waals surface area contributed by atoms with E-state index in [1.807, 2.05) is 0 Å². The number of benzene rings is 1. The molecule has 0 saturated carbocycles. The third-order valence-corrected chi connectivity index (χ3v) is 2.24. The molecule has 0 saturated heterocycles. The number of nitrogens with zero attached hydrogens (tertiary/aromatic N) is 1. The standard InChI is InChI=1S/C12H14N2O2/c1-3-11(15)14(2)8-9-6-4-5-7-10(9)12(13)16/h3-7H,1,8H2,2H3,(H2,13,16). The van der Waals surface area contributed by atoms with Gasteiger partial charge in [-0.3, -0.25) is 9.59 Å². The number of rotatable bonds is 4. The second kappa shape index (κ2) is 5.11. The van der Waals surface area contributed by atoms with E-state index in [9.17, 15) is 9.59 Å². The number of hydrogen-bond acceptors (Lipinski definition) is 2. The molecule has 1 rings (SSSR count). The molecule has 0 heterocycles. The maximum absolute atomic E-state index is 11.3. The van der Waals surface area contributed by atoms with Crippen molar-refractivity contribution in [2.24, 2.45) is 5.73 Å². The monoisotopic (exact) mass is 218 g/mol. The van der Waals surface area contributed by atoms with Crippen LogP contribution in [0.25, 0.3) is 0 Å². The van der Waals surface area contributed by atoms with Gasteiger partial charge in [-0.25, -0.2) is 0 Å². The van der Waals surface area contributed by atoms with E-state index in [0.29, 0.717) is 12.1 Å². The number of hydrogen-bond donors (Lipinski definition) is 1. The highest BCUT2D eigenvalue weighted by molar-refractivity contribution is 5.94. The zero-order chi connectivity index (χ0) is 12.1. The SMILES string of the molecule is C=CC(=O)N(C)Cc1ccccc1C(N)=O. The second-order valence-corrected chi connectivity index (χ2v) is 3.42. The van der Waals surface area contributed by atoms with Gasteiger partial charge in [0.2, 0.25) is 11.8 Å². The molecule has 84 valence electrons. The quantitative estimate of drug-likeness (QED) is 0.764. The van der Waals surface area contributed by atoms with Gasteiger partial charge in [-0.2, -0.15) is 0 Å². The molecule has 0 aliphatic carbocycles. The van der Waals surface area contributed by atoms with Crippen LogP contribution in [0.5, 0.6) is 0 Å². The minimum Gasteiger partial charge on any atom is -0.366 e. The summed E-state index contributed by atoms with van der Waals surface area (Å²) in [7, 11) is 1.64. The summed E-state index contributed by atoms with van der Waals surface area (Å²) in [5.41, 5.74) is 6.40. The lowest BCUT2D eigenvalue weighted by Gasteiger charge is -2.16. The topological polar surface area (TPSA) is 63.4 Å². The van der Waals surface area contributed by atoms with Crippen molar-refractivity contribution < 1.29 is 9.59 Å². The fourth-order valence-electron chi connectivity index (χ4n) is 1.39. The Kier molecular flexibility index (Phi) is 3.83. The fraction of sp³-hybridized carbons (Fsp3) is 0.167. The Bertz CT molecular complexity index is 427. The van der Waals surface area contributed by atoms with Crippen LogP contribution in [-0.4, -0.2) is 23.8 Å². The highest BCUT2D eigenvalue weighted by atomic mass is 16.2. The molecule has 0 aromatic heterocycles. The van der Waals surface area contributed by atoms with Gasteiger partial charge in [0.25, 0.3) is 0 Å². The third-order valence-electron chi connectivity index (χ3n) is 2.24. The number of likely N-dealkylation sites (N-methyl/N-ethyl adjacent to an activating group) is 1. The Morgan fingerprint density at radius 1 is 1.44 bits per heavy atom. The molecule has 0 spiro atoms.